The van der Waals surface area contributed by atoms with E-state index in [0.29, 0.717) is 33.4 Å². The van der Waals surface area contributed by atoms with Crippen LogP contribution in [0.15, 0.2) is 51.7 Å². The molecule has 0 radical (unpaired) electrons. The summed E-state index contributed by atoms with van der Waals surface area (Å²) in [6, 6.07) is 12.9. The second-order valence-corrected chi connectivity index (χ2v) is 6.82. The molecular formula is C20H18N2O4S. The first kappa shape index (κ1) is 17.4. The van der Waals surface area contributed by atoms with Crippen molar-refractivity contribution in [2.45, 2.75) is 12.5 Å². The molecule has 2 heterocycles. The highest BCUT2D eigenvalue weighted by atomic mass is 32.1. The number of methoxy groups -OCH3 is 2. The number of fused-ring (bicyclic) bond motifs is 3. The zero-order valence-electron chi connectivity index (χ0n) is 15.1. The molecule has 1 aliphatic rings. The molecule has 27 heavy (non-hydrogen) atoms. The quantitative estimate of drug-likeness (QED) is 0.531. The van der Waals surface area contributed by atoms with Gasteiger partial charge in [-0.1, -0.05) is 18.2 Å². The summed E-state index contributed by atoms with van der Waals surface area (Å²) in [5, 5.41) is 7.57. The summed E-state index contributed by atoms with van der Waals surface area (Å²) < 4.78 is 16.3. The number of hydrogen-bond acceptors (Lipinski definition) is 5. The lowest BCUT2D eigenvalue weighted by Gasteiger charge is -2.38. The van der Waals surface area contributed by atoms with E-state index in [1.54, 1.807) is 26.4 Å². The summed E-state index contributed by atoms with van der Waals surface area (Å²) in [6.45, 7) is 1.89. The van der Waals surface area contributed by atoms with Crippen molar-refractivity contribution in [1.29, 1.82) is 0 Å². The summed E-state index contributed by atoms with van der Waals surface area (Å²) in [4.78, 5) is 12.9. The molecule has 4 rings (SSSR count). The minimum Gasteiger partial charge on any atom is -0.493 e. The van der Waals surface area contributed by atoms with E-state index in [9.17, 15) is 4.79 Å². The van der Waals surface area contributed by atoms with Gasteiger partial charge in [-0.05, 0) is 49.0 Å². The maximum absolute atomic E-state index is 12.9. The standard InChI is InChI=1S/C20H18N2O4S/c1-20(11-8-9-14(24-2)15(10-11)25-3)16-17(21-19(27)22-20)12-6-4-5-7-13(12)26-18(16)23/h4-10H,1-3H3,(H2,21,22,27). The van der Waals surface area contributed by atoms with Gasteiger partial charge in [-0.15, -0.1) is 0 Å². The Morgan fingerprint density at radius 2 is 1.81 bits per heavy atom. The van der Waals surface area contributed by atoms with Crippen molar-refractivity contribution in [3.05, 3.63) is 64.0 Å². The zero-order chi connectivity index (χ0) is 19.2. The number of anilines is 1. The third-order valence-electron chi connectivity index (χ3n) is 4.88. The van der Waals surface area contributed by atoms with Gasteiger partial charge in [0.05, 0.1) is 31.0 Å². The van der Waals surface area contributed by atoms with Crippen LogP contribution in [0.5, 0.6) is 11.5 Å². The van der Waals surface area contributed by atoms with Crippen LogP contribution in [0.3, 0.4) is 0 Å². The predicted octanol–water partition coefficient (Wildman–Crippen LogP) is 3.37. The first-order valence-corrected chi connectivity index (χ1v) is 8.76. The van der Waals surface area contributed by atoms with Gasteiger partial charge in [0.1, 0.15) is 5.58 Å². The maximum Gasteiger partial charge on any atom is 0.344 e. The minimum atomic E-state index is -0.901. The Morgan fingerprint density at radius 1 is 1.07 bits per heavy atom. The maximum atomic E-state index is 12.9. The molecule has 0 spiro atoms. The predicted molar refractivity (Wildman–Crippen MR) is 108 cm³/mol. The number of nitrogens with one attached hydrogen (secondary N) is 2. The van der Waals surface area contributed by atoms with Gasteiger partial charge in [0.15, 0.2) is 16.6 Å². The van der Waals surface area contributed by atoms with E-state index in [1.807, 2.05) is 37.3 Å². The van der Waals surface area contributed by atoms with Crippen molar-refractivity contribution in [1.82, 2.24) is 5.32 Å². The van der Waals surface area contributed by atoms with Gasteiger partial charge in [0, 0.05) is 5.39 Å². The molecule has 1 aliphatic heterocycles. The Labute approximate surface area is 161 Å². The van der Waals surface area contributed by atoms with Crippen molar-refractivity contribution < 1.29 is 13.9 Å². The largest absolute Gasteiger partial charge is 0.493 e. The van der Waals surface area contributed by atoms with Crippen LogP contribution >= 0.6 is 12.2 Å². The smallest absolute Gasteiger partial charge is 0.344 e. The Kier molecular flexibility index (Phi) is 4.04. The van der Waals surface area contributed by atoms with Gasteiger partial charge in [-0.2, -0.15) is 0 Å². The molecule has 1 unspecified atom stereocenters. The van der Waals surface area contributed by atoms with Crippen LogP contribution in [0, 0.1) is 0 Å². The molecule has 0 amide bonds. The van der Waals surface area contributed by atoms with E-state index >= 15 is 0 Å². The molecule has 2 N–H and O–H groups in total. The van der Waals surface area contributed by atoms with Crippen molar-refractivity contribution in [2.75, 3.05) is 19.5 Å². The zero-order valence-corrected chi connectivity index (χ0v) is 15.9. The molecule has 2 aromatic carbocycles. The Hall–Kier alpha value is -3.06. The number of para-hydroxylation sites is 1. The van der Waals surface area contributed by atoms with E-state index in [4.69, 9.17) is 26.1 Å². The van der Waals surface area contributed by atoms with E-state index in [-0.39, 0.29) is 0 Å². The fourth-order valence-electron chi connectivity index (χ4n) is 3.53. The molecule has 1 aromatic heterocycles. The third kappa shape index (κ3) is 2.62. The van der Waals surface area contributed by atoms with Crippen LogP contribution in [0.4, 0.5) is 5.69 Å². The van der Waals surface area contributed by atoms with Crippen LogP contribution in [-0.2, 0) is 5.54 Å². The summed E-state index contributed by atoms with van der Waals surface area (Å²) >= 11 is 5.44. The first-order chi connectivity index (χ1) is 13.0. The number of benzene rings is 2. The topological polar surface area (TPSA) is 72.7 Å². The van der Waals surface area contributed by atoms with E-state index < -0.39 is 11.2 Å². The van der Waals surface area contributed by atoms with Gasteiger partial charge in [-0.3, -0.25) is 0 Å². The van der Waals surface area contributed by atoms with Gasteiger partial charge in [-0.25, -0.2) is 4.79 Å². The molecule has 0 aliphatic carbocycles. The summed E-state index contributed by atoms with van der Waals surface area (Å²) in [7, 11) is 3.15. The van der Waals surface area contributed by atoms with E-state index in [2.05, 4.69) is 10.6 Å². The lowest BCUT2D eigenvalue weighted by Crippen LogP contribution is -2.52. The van der Waals surface area contributed by atoms with Crippen LogP contribution in [-0.4, -0.2) is 19.3 Å². The minimum absolute atomic E-state index is 0.426. The number of thiocarbonyl (C=S) groups is 1. The Morgan fingerprint density at radius 3 is 2.56 bits per heavy atom. The van der Waals surface area contributed by atoms with E-state index in [1.165, 1.54) is 0 Å². The SMILES string of the molecule is COc1ccc(C2(C)NC(=S)Nc3c2c(=O)oc2ccccc32)cc1OC. The first-order valence-electron chi connectivity index (χ1n) is 8.36. The Balaban J connectivity index is 2.02. The van der Waals surface area contributed by atoms with Crippen LogP contribution in [0.1, 0.15) is 18.1 Å². The van der Waals surface area contributed by atoms with Crippen LogP contribution < -0.4 is 25.7 Å². The average molecular weight is 382 g/mol. The molecule has 138 valence electrons. The molecule has 0 saturated heterocycles. The third-order valence-corrected chi connectivity index (χ3v) is 5.08. The van der Waals surface area contributed by atoms with Crippen LogP contribution in [0.2, 0.25) is 0 Å². The second kappa shape index (κ2) is 6.28. The fraction of sp³-hybridized carbons (Fsp3) is 0.200. The summed E-state index contributed by atoms with van der Waals surface area (Å²) in [5.74, 6) is 1.17. The molecule has 0 bridgehead atoms. The highest BCUT2D eigenvalue weighted by Gasteiger charge is 2.40. The fourth-order valence-corrected chi connectivity index (χ4v) is 3.84. The monoisotopic (exact) mass is 382 g/mol. The van der Waals surface area contributed by atoms with Gasteiger partial charge >= 0.3 is 5.63 Å². The summed E-state index contributed by atoms with van der Waals surface area (Å²) in [6.07, 6.45) is 0. The molecule has 3 aromatic rings. The van der Waals surface area contributed by atoms with Crippen molar-refractivity contribution in [2.24, 2.45) is 0 Å². The lowest BCUT2D eigenvalue weighted by molar-refractivity contribution is 0.353. The average Bonchev–Trinajstić information content (AvgIpc) is 2.66. The molecule has 0 saturated carbocycles. The van der Waals surface area contributed by atoms with Gasteiger partial charge in [0.25, 0.3) is 0 Å². The number of hydrogen-bond donors (Lipinski definition) is 2. The lowest BCUT2D eigenvalue weighted by atomic mass is 9.82. The highest BCUT2D eigenvalue weighted by molar-refractivity contribution is 7.80. The van der Waals surface area contributed by atoms with Gasteiger partial charge < -0.3 is 24.5 Å². The number of ether oxygens (including phenoxy) is 2. The molecular weight excluding hydrogens is 364 g/mol. The Bertz CT molecular complexity index is 1120. The molecule has 0 fully saturated rings. The van der Waals surface area contributed by atoms with Crippen molar-refractivity contribution in [3.63, 3.8) is 0 Å². The normalized spacial score (nSPS) is 18.4. The van der Waals surface area contributed by atoms with E-state index in [0.717, 1.165) is 10.9 Å². The molecule has 6 nitrogen and oxygen atoms in total. The van der Waals surface area contributed by atoms with Crippen molar-refractivity contribution >= 4 is 34.0 Å². The van der Waals surface area contributed by atoms with Crippen molar-refractivity contribution in [3.8, 4) is 11.5 Å². The molecule has 7 heteroatoms. The second-order valence-electron chi connectivity index (χ2n) is 6.41. The summed E-state index contributed by atoms with van der Waals surface area (Å²) in [5.41, 5.74) is 1.09. The highest BCUT2D eigenvalue weighted by Crippen LogP contribution is 2.41. The van der Waals surface area contributed by atoms with Crippen LogP contribution in [0.25, 0.3) is 11.0 Å². The molecule has 1 atom stereocenters. The van der Waals surface area contributed by atoms with Gasteiger partial charge in [0.2, 0.25) is 0 Å². The number of rotatable bonds is 3.